The Bertz CT molecular complexity index is 893. The van der Waals surface area contributed by atoms with Crippen molar-refractivity contribution in [2.75, 3.05) is 19.6 Å². The molecule has 0 saturated heterocycles. The summed E-state index contributed by atoms with van der Waals surface area (Å²) in [6.07, 6.45) is 9.40. The van der Waals surface area contributed by atoms with Crippen molar-refractivity contribution >= 4 is 23.7 Å². The zero-order valence-electron chi connectivity index (χ0n) is 30.4. The standard InChI is InChI=1S/C25H43N5O5.C3H8.C3H4.2C2H6/c1-6-26-23(32)15-27-22(31)11-10-19(12-16(2)3)29-18(5)14-28-25(35)21-13-17(4)20(30-21)8-7-9-24(33)34;2*1-3-2;2*1-2/h16,19,21,29-30H,5-15H2,1-4H3,(H,26,32)(H,27,31)(H,28,35)(H,33,34);3H2,1-2H3;1H,2H3;2*1-2H3. The molecule has 1 rings (SSSR count). The summed E-state index contributed by atoms with van der Waals surface area (Å²) in [5.74, 6) is 1.31. The number of rotatable bonds is 17. The van der Waals surface area contributed by atoms with Gasteiger partial charge in [-0.05, 0) is 58.8 Å². The summed E-state index contributed by atoms with van der Waals surface area (Å²) in [5, 5.41) is 23.5. The number of hydrogen-bond acceptors (Lipinski definition) is 6. The van der Waals surface area contributed by atoms with E-state index in [1.165, 1.54) is 6.42 Å². The van der Waals surface area contributed by atoms with E-state index in [1.54, 1.807) is 6.92 Å². The minimum absolute atomic E-state index is 0.0176. The van der Waals surface area contributed by atoms with Crippen LogP contribution in [0.3, 0.4) is 0 Å². The molecule has 6 N–H and O–H groups in total. The highest BCUT2D eigenvalue weighted by atomic mass is 16.4. The van der Waals surface area contributed by atoms with Crippen molar-refractivity contribution in [3.63, 3.8) is 0 Å². The topological polar surface area (TPSA) is 149 Å². The third kappa shape index (κ3) is 30.3. The van der Waals surface area contributed by atoms with Crippen molar-refractivity contribution < 1.29 is 24.3 Å². The Hall–Kier alpha value is -3.48. The molecule has 1 aliphatic rings. The van der Waals surface area contributed by atoms with Crippen LogP contribution in [0.5, 0.6) is 0 Å². The summed E-state index contributed by atoms with van der Waals surface area (Å²) in [7, 11) is 0. The number of nitrogens with one attached hydrogen (secondary N) is 5. The number of carbonyl (C=O) groups is 4. The lowest BCUT2D eigenvalue weighted by atomic mass is 9.99. The summed E-state index contributed by atoms with van der Waals surface area (Å²) in [4.78, 5) is 46.9. The van der Waals surface area contributed by atoms with Crippen LogP contribution >= 0.6 is 0 Å². The van der Waals surface area contributed by atoms with Crippen molar-refractivity contribution in [2.45, 2.75) is 140 Å². The van der Waals surface area contributed by atoms with Crippen LogP contribution < -0.4 is 26.6 Å². The Balaban J connectivity index is -0.000000747. The summed E-state index contributed by atoms with van der Waals surface area (Å²) in [6, 6.07) is -0.355. The molecule has 10 heteroatoms. The molecule has 1 heterocycles. The Labute approximate surface area is 275 Å². The molecular weight excluding hydrogens is 570 g/mol. The Morgan fingerprint density at radius 1 is 1.00 bits per heavy atom. The number of carboxylic acid groups (broad SMARTS) is 1. The first kappa shape index (κ1) is 48.4. The molecule has 3 amide bonds. The maximum Gasteiger partial charge on any atom is 0.303 e. The van der Waals surface area contributed by atoms with Gasteiger partial charge >= 0.3 is 5.97 Å². The van der Waals surface area contributed by atoms with Crippen molar-refractivity contribution in [3.8, 4) is 12.3 Å². The molecular formula is C35H67N5O5. The lowest BCUT2D eigenvalue weighted by Gasteiger charge is -2.23. The zero-order chi connectivity index (χ0) is 35.8. The van der Waals surface area contributed by atoms with Gasteiger partial charge in [0, 0.05) is 36.8 Å². The average molecular weight is 638 g/mol. The van der Waals surface area contributed by atoms with Gasteiger partial charge in [-0.1, -0.05) is 74.0 Å². The second-order valence-electron chi connectivity index (χ2n) is 10.5. The third-order valence-electron chi connectivity index (χ3n) is 5.69. The predicted molar refractivity (Wildman–Crippen MR) is 188 cm³/mol. The van der Waals surface area contributed by atoms with Crippen LogP contribution in [-0.4, -0.2) is 60.5 Å². The van der Waals surface area contributed by atoms with Crippen molar-refractivity contribution in [2.24, 2.45) is 5.92 Å². The highest BCUT2D eigenvalue weighted by Gasteiger charge is 2.26. The van der Waals surface area contributed by atoms with E-state index in [4.69, 9.17) is 5.11 Å². The van der Waals surface area contributed by atoms with Crippen molar-refractivity contribution in [1.29, 1.82) is 0 Å². The maximum atomic E-state index is 12.6. The normalized spacial score (nSPS) is 13.2. The van der Waals surface area contributed by atoms with Crippen LogP contribution in [0.15, 0.2) is 23.5 Å². The van der Waals surface area contributed by atoms with E-state index in [0.717, 1.165) is 17.7 Å². The molecule has 0 aromatic carbocycles. The van der Waals surface area contributed by atoms with Crippen molar-refractivity contribution in [3.05, 3.63) is 23.5 Å². The summed E-state index contributed by atoms with van der Waals surface area (Å²) < 4.78 is 0. The fraction of sp³-hybridized carbons (Fsp3) is 0.714. The van der Waals surface area contributed by atoms with E-state index in [2.05, 4.69) is 73.2 Å². The molecule has 0 aromatic rings. The predicted octanol–water partition coefficient (Wildman–Crippen LogP) is 5.65. The third-order valence-corrected chi connectivity index (χ3v) is 5.69. The summed E-state index contributed by atoms with van der Waals surface area (Å²) in [6.45, 7) is 26.7. The van der Waals surface area contributed by atoms with Crippen LogP contribution in [-0.2, 0) is 19.2 Å². The fourth-order valence-electron chi connectivity index (χ4n) is 3.98. The molecule has 0 fully saturated rings. The number of likely N-dealkylation sites (N-methyl/N-ethyl adjacent to an activating group) is 1. The number of aliphatic carboxylic acids is 1. The monoisotopic (exact) mass is 638 g/mol. The van der Waals surface area contributed by atoms with Gasteiger partial charge in [-0.25, -0.2) is 0 Å². The molecule has 0 aromatic heterocycles. The first-order valence-corrected chi connectivity index (χ1v) is 16.6. The zero-order valence-corrected chi connectivity index (χ0v) is 30.4. The Morgan fingerprint density at radius 3 is 2.04 bits per heavy atom. The second kappa shape index (κ2) is 33.4. The lowest BCUT2D eigenvalue weighted by molar-refractivity contribution is -0.137. The molecule has 10 nitrogen and oxygen atoms in total. The number of carbonyl (C=O) groups excluding carboxylic acids is 3. The molecule has 2 atom stereocenters. The first-order valence-electron chi connectivity index (χ1n) is 16.6. The molecule has 0 bridgehead atoms. The van der Waals surface area contributed by atoms with E-state index < -0.39 is 5.97 Å². The number of carboxylic acids is 1. The van der Waals surface area contributed by atoms with E-state index in [-0.39, 0.29) is 55.7 Å². The van der Waals surface area contributed by atoms with Crippen LogP contribution in [0.25, 0.3) is 0 Å². The van der Waals surface area contributed by atoms with E-state index >= 15 is 0 Å². The van der Waals surface area contributed by atoms with Crippen LogP contribution in [0.2, 0.25) is 0 Å². The fourth-order valence-corrected chi connectivity index (χ4v) is 3.98. The van der Waals surface area contributed by atoms with E-state index in [1.807, 2.05) is 41.5 Å². The number of amides is 3. The minimum Gasteiger partial charge on any atom is -0.481 e. The lowest BCUT2D eigenvalue weighted by Crippen LogP contribution is -2.43. The summed E-state index contributed by atoms with van der Waals surface area (Å²) >= 11 is 0. The smallest absolute Gasteiger partial charge is 0.303 e. The highest BCUT2D eigenvalue weighted by Crippen LogP contribution is 2.22. The Kier molecular flexibility index (Phi) is 36.0. The van der Waals surface area contributed by atoms with Crippen LogP contribution in [0, 0.1) is 18.3 Å². The van der Waals surface area contributed by atoms with Gasteiger partial charge in [-0.2, -0.15) is 0 Å². The number of terminal acetylenes is 1. The molecule has 1 aliphatic heterocycles. The van der Waals surface area contributed by atoms with Gasteiger partial charge in [0.25, 0.3) is 0 Å². The maximum absolute atomic E-state index is 12.6. The molecule has 45 heavy (non-hydrogen) atoms. The highest BCUT2D eigenvalue weighted by molar-refractivity contribution is 5.84. The first-order chi connectivity index (χ1) is 21.3. The molecule has 262 valence electrons. The quantitative estimate of drug-likeness (QED) is 0.113. The van der Waals surface area contributed by atoms with Gasteiger partial charge in [0.2, 0.25) is 17.7 Å². The Morgan fingerprint density at radius 2 is 1.56 bits per heavy atom. The van der Waals surface area contributed by atoms with Crippen LogP contribution in [0.1, 0.15) is 128 Å². The van der Waals surface area contributed by atoms with Crippen molar-refractivity contribution in [1.82, 2.24) is 26.6 Å². The van der Waals surface area contributed by atoms with Gasteiger partial charge in [0.15, 0.2) is 0 Å². The molecule has 0 aliphatic carbocycles. The van der Waals surface area contributed by atoms with Crippen LogP contribution in [0.4, 0.5) is 0 Å². The minimum atomic E-state index is -0.822. The van der Waals surface area contributed by atoms with Gasteiger partial charge in [-0.15, -0.1) is 12.3 Å². The largest absolute Gasteiger partial charge is 0.481 e. The van der Waals surface area contributed by atoms with E-state index in [0.29, 0.717) is 43.8 Å². The second-order valence-corrected chi connectivity index (χ2v) is 10.5. The number of allylic oxidation sites excluding steroid dienone is 1. The molecule has 0 radical (unpaired) electrons. The van der Waals surface area contributed by atoms with Gasteiger partial charge in [-0.3, -0.25) is 19.2 Å². The van der Waals surface area contributed by atoms with Gasteiger partial charge < -0.3 is 31.7 Å². The molecule has 0 saturated carbocycles. The average Bonchev–Trinajstić information content (AvgIpc) is 3.36. The molecule has 0 spiro atoms. The van der Waals surface area contributed by atoms with Gasteiger partial charge in [0.1, 0.15) is 6.04 Å². The number of hydrogen-bond donors (Lipinski definition) is 6. The summed E-state index contributed by atoms with van der Waals surface area (Å²) in [5.41, 5.74) is 2.69. The van der Waals surface area contributed by atoms with E-state index in [9.17, 15) is 19.2 Å². The SMILES string of the molecule is C#CC.C=C(CNC(=O)C1CC(C)=C(CCCC(=O)O)N1)NC(CCC(=O)NCC(=O)NCC)CC(C)C.CC.CC.CCC. The molecule has 2 unspecified atom stereocenters. The van der Waals surface area contributed by atoms with Gasteiger partial charge in [0.05, 0.1) is 13.1 Å².